The molecule has 28 heavy (non-hydrogen) atoms. The van der Waals surface area contributed by atoms with Gasteiger partial charge in [-0.2, -0.15) is 0 Å². The van der Waals surface area contributed by atoms with Crippen LogP contribution in [0.5, 0.6) is 17.2 Å². The number of hydrogen-bond donors (Lipinski definition) is 1. The molecule has 0 spiro atoms. The molecule has 0 aromatic heterocycles. The summed E-state index contributed by atoms with van der Waals surface area (Å²) in [5, 5.41) is 12.5. The van der Waals surface area contributed by atoms with Gasteiger partial charge in [-0.15, -0.1) is 0 Å². The number of aliphatic hydroxyl groups is 1. The second kappa shape index (κ2) is 8.17. The largest absolute Gasteiger partial charge is 0.541 e. The maximum Gasteiger partial charge on any atom is 0.250 e. The highest BCUT2D eigenvalue weighted by molar-refractivity contribution is 6.74. The van der Waals surface area contributed by atoms with Gasteiger partial charge in [0, 0.05) is 22.8 Å². The lowest BCUT2D eigenvalue weighted by Gasteiger charge is -2.38. The molecule has 154 valence electrons. The molecule has 0 fully saturated rings. The molecule has 2 aromatic rings. The first kappa shape index (κ1) is 22.3. The number of benzene rings is 2. The third-order valence-corrected chi connectivity index (χ3v) is 10.0. The standard InChI is InChI=1S/C23H34O4Si/c1-15(2)19(24)14-18-20(25-6)16-12-10-11-13-17(16)21(26-7)22(18)27-28(8,9)23(3,4)5/h10-13,19,24H,1,14H2,2-9H3/t19-/m1/s1. The summed E-state index contributed by atoms with van der Waals surface area (Å²) in [6.07, 6.45) is -0.342. The maximum absolute atomic E-state index is 10.6. The van der Waals surface area contributed by atoms with E-state index in [1.807, 2.05) is 31.2 Å². The lowest BCUT2D eigenvalue weighted by Crippen LogP contribution is -2.44. The highest BCUT2D eigenvalue weighted by atomic mass is 28.4. The van der Waals surface area contributed by atoms with E-state index >= 15 is 0 Å². The lowest BCUT2D eigenvalue weighted by atomic mass is 9.96. The van der Waals surface area contributed by atoms with E-state index in [2.05, 4.69) is 40.4 Å². The van der Waals surface area contributed by atoms with Crippen molar-refractivity contribution >= 4 is 19.1 Å². The summed E-state index contributed by atoms with van der Waals surface area (Å²) < 4.78 is 18.4. The molecule has 0 radical (unpaired) electrons. The Bertz CT molecular complexity index is 865. The summed E-state index contributed by atoms with van der Waals surface area (Å²) in [4.78, 5) is 0. The van der Waals surface area contributed by atoms with Crippen LogP contribution in [0.25, 0.3) is 10.8 Å². The molecule has 2 aromatic carbocycles. The molecule has 5 heteroatoms. The first-order valence-corrected chi connectivity index (χ1v) is 12.5. The van der Waals surface area contributed by atoms with Crippen molar-refractivity contribution in [2.24, 2.45) is 0 Å². The summed E-state index contributed by atoms with van der Waals surface area (Å²) >= 11 is 0. The average Bonchev–Trinajstić information content (AvgIpc) is 2.60. The zero-order valence-electron chi connectivity index (χ0n) is 18.5. The second-order valence-corrected chi connectivity index (χ2v) is 13.6. The van der Waals surface area contributed by atoms with E-state index < -0.39 is 14.4 Å². The summed E-state index contributed by atoms with van der Waals surface area (Å²) in [6.45, 7) is 16.7. The van der Waals surface area contributed by atoms with Gasteiger partial charge in [0.2, 0.25) is 0 Å². The molecular weight excluding hydrogens is 368 g/mol. The quantitative estimate of drug-likeness (QED) is 0.475. The lowest BCUT2D eigenvalue weighted by molar-refractivity contribution is 0.209. The summed E-state index contributed by atoms with van der Waals surface area (Å²) in [5.41, 5.74) is 1.52. The van der Waals surface area contributed by atoms with E-state index in [1.165, 1.54) is 0 Å². The Kier molecular flexibility index (Phi) is 6.51. The summed E-state index contributed by atoms with van der Waals surface area (Å²) in [5.74, 6) is 2.07. The Morgan fingerprint density at radius 3 is 1.96 bits per heavy atom. The van der Waals surface area contributed by atoms with Crippen molar-refractivity contribution in [2.45, 2.75) is 58.4 Å². The Morgan fingerprint density at radius 1 is 1.04 bits per heavy atom. The van der Waals surface area contributed by atoms with Gasteiger partial charge in [0.1, 0.15) is 5.75 Å². The van der Waals surface area contributed by atoms with E-state index in [4.69, 9.17) is 13.9 Å². The Hall–Kier alpha value is -1.98. The fourth-order valence-electron chi connectivity index (χ4n) is 2.91. The van der Waals surface area contributed by atoms with Gasteiger partial charge >= 0.3 is 0 Å². The van der Waals surface area contributed by atoms with Gasteiger partial charge in [0.25, 0.3) is 8.32 Å². The van der Waals surface area contributed by atoms with Gasteiger partial charge in [-0.3, -0.25) is 0 Å². The van der Waals surface area contributed by atoms with E-state index in [0.29, 0.717) is 29.2 Å². The van der Waals surface area contributed by atoms with Crippen molar-refractivity contribution in [3.63, 3.8) is 0 Å². The van der Waals surface area contributed by atoms with Crippen molar-refractivity contribution in [3.8, 4) is 17.2 Å². The topological polar surface area (TPSA) is 47.9 Å². The summed E-state index contributed by atoms with van der Waals surface area (Å²) in [7, 11) is 1.15. The van der Waals surface area contributed by atoms with Gasteiger partial charge in [0.05, 0.1) is 20.3 Å². The molecule has 0 aliphatic heterocycles. The molecule has 0 heterocycles. The molecule has 4 nitrogen and oxygen atoms in total. The van der Waals surface area contributed by atoms with Gasteiger partial charge in [-0.1, -0.05) is 57.2 Å². The van der Waals surface area contributed by atoms with Crippen LogP contribution in [0.2, 0.25) is 18.1 Å². The summed E-state index contributed by atoms with van der Waals surface area (Å²) in [6, 6.07) is 7.96. The van der Waals surface area contributed by atoms with E-state index in [-0.39, 0.29) is 5.04 Å². The van der Waals surface area contributed by atoms with Crippen LogP contribution in [-0.2, 0) is 6.42 Å². The number of rotatable bonds is 7. The predicted octanol–water partition coefficient (Wildman–Crippen LogP) is 5.72. The molecule has 0 bridgehead atoms. The maximum atomic E-state index is 10.6. The fourth-order valence-corrected chi connectivity index (χ4v) is 3.94. The number of hydrogen-bond acceptors (Lipinski definition) is 4. The van der Waals surface area contributed by atoms with Crippen LogP contribution in [-0.4, -0.2) is 33.7 Å². The minimum Gasteiger partial charge on any atom is -0.541 e. The molecule has 0 saturated carbocycles. The molecule has 0 aliphatic carbocycles. The van der Waals surface area contributed by atoms with Crippen LogP contribution in [0.1, 0.15) is 33.3 Å². The monoisotopic (exact) mass is 402 g/mol. The molecule has 1 N–H and O–H groups in total. The van der Waals surface area contributed by atoms with Crippen LogP contribution in [0.4, 0.5) is 0 Å². The third-order valence-electron chi connectivity index (χ3n) is 5.71. The van der Waals surface area contributed by atoms with Crippen LogP contribution >= 0.6 is 0 Å². The van der Waals surface area contributed by atoms with Crippen molar-refractivity contribution in [3.05, 3.63) is 42.0 Å². The van der Waals surface area contributed by atoms with E-state index in [9.17, 15) is 5.11 Å². The van der Waals surface area contributed by atoms with Gasteiger partial charge in [0.15, 0.2) is 11.5 Å². The number of ether oxygens (including phenoxy) is 2. The molecule has 1 atom stereocenters. The van der Waals surface area contributed by atoms with E-state index in [1.54, 1.807) is 14.2 Å². The highest BCUT2D eigenvalue weighted by Gasteiger charge is 2.41. The highest BCUT2D eigenvalue weighted by Crippen LogP contribution is 2.49. The molecule has 0 amide bonds. The first-order chi connectivity index (χ1) is 12.9. The normalized spacial score (nSPS) is 13.3. The van der Waals surface area contributed by atoms with Gasteiger partial charge < -0.3 is 19.0 Å². The van der Waals surface area contributed by atoms with E-state index in [0.717, 1.165) is 16.3 Å². The van der Waals surface area contributed by atoms with Crippen LogP contribution < -0.4 is 13.9 Å². The van der Waals surface area contributed by atoms with Crippen LogP contribution in [0.15, 0.2) is 36.4 Å². The number of fused-ring (bicyclic) bond motifs is 1. The second-order valence-electron chi connectivity index (χ2n) is 8.85. The average molecular weight is 403 g/mol. The van der Waals surface area contributed by atoms with Crippen molar-refractivity contribution in [1.29, 1.82) is 0 Å². The first-order valence-electron chi connectivity index (χ1n) is 9.62. The molecule has 0 aliphatic rings. The molecular formula is C23H34O4Si. The molecule has 2 rings (SSSR count). The minimum atomic E-state index is -2.17. The third kappa shape index (κ3) is 4.20. The SMILES string of the molecule is C=C(C)[C@H](O)Cc1c(O[Si](C)(C)C(C)(C)C)c(OC)c2ccccc2c1OC. The van der Waals surface area contributed by atoms with Gasteiger partial charge in [-0.25, -0.2) is 0 Å². The smallest absolute Gasteiger partial charge is 0.250 e. The predicted molar refractivity (Wildman–Crippen MR) is 119 cm³/mol. The molecule has 0 unspecified atom stereocenters. The van der Waals surface area contributed by atoms with Gasteiger partial charge in [-0.05, 0) is 25.1 Å². The number of aliphatic hydroxyl groups excluding tert-OH is 1. The van der Waals surface area contributed by atoms with Crippen LogP contribution in [0.3, 0.4) is 0 Å². The molecule has 0 saturated heterocycles. The Balaban J connectivity index is 2.85. The van der Waals surface area contributed by atoms with Crippen molar-refractivity contribution < 1.29 is 19.0 Å². The Morgan fingerprint density at radius 2 is 1.54 bits per heavy atom. The van der Waals surface area contributed by atoms with Crippen LogP contribution in [0, 0.1) is 0 Å². The fraction of sp³-hybridized carbons (Fsp3) is 0.478. The van der Waals surface area contributed by atoms with Crippen molar-refractivity contribution in [2.75, 3.05) is 14.2 Å². The van der Waals surface area contributed by atoms with Crippen molar-refractivity contribution in [1.82, 2.24) is 0 Å². The zero-order chi connectivity index (χ0) is 21.3. The Labute approximate surface area is 170 Å². The number of methoxy groups -OCH3 is 2. The minimum absolute atomic E-state index is 0.0150. The zero-order valence-corrected chi connectivity index (χ0v) is 19.5.